The number of carbonyl (C=O) groups is 2. The zero-order valence-corrected chi connectivity index (χ0v) is 12.7. The molecule has 0 spiro atoms. The van der Waals surface area contributed by atoms with Gasteiger partial charge < -0.3 is 20.3 Å². The number of nitrogens with zero attached hydrogens (tertiary/aromatic N) is 3. The number of imidazole rings is 1. The number of fused-ring (bicyclic) bond motifs is 1. The first-order chi connectivity index (χ1) is 11.2. The Balaban J connectivity index is 1.58. The summed E-state index contributed by atoms with van der Waals surface area (Å²) in [6.07, 6.45) is 1.58. The molecule has 2 aromatic rings. The van der Waals surface area contributed by atoms with Crippen molar-refractivity contribution in [3.05, 3.63) is 24.5 Å². The monoisotopic (exact) mass is 317 g/mol. The Morgan fingerprint density at radius 1 is 1.26 bits per heavy atom. The zero-order chi connectivity index (χ0) is 16.2. The number of piperazine rings is 1. The van der Waals surface area contributed by atoms with Gasteiger partial charge in [0.25, 0.3) is 0 Å². The third-order valence-corrected chi connectivity index (χ3v) is 3.95. The highest BCUT2D eigenvalue weighted by Crippen LogP contribution is 2.15. The van der Waals surface area contributed by atoms with Crippen LogP contribution in [-0.2, 0) is 9.59 Å². The lowest BCUT2D eigenvalue weighted by Gasteiger charge is -2.33. The predicted octanol–water partition coefficient (Wildman–Crippen LogP) is -0.362. The lowest BCUT2D eigenvalue weighted by Crippen LogP contribution is -2.52. The van der Waals surface area contributed by atoms with E-state index in [9.17, 15) is 9.59 Å². The van der Waals surface area contributed by atoms with Gasteiger partial charge in [-0.1, -0.05) is 0 Å². The van der Waals surface area contributed by atoms with E-state index in [0.717, 1.165) is 11.0 Å². The van der Waals surface area contributed by atoms with E-state index in [-0.39, 0.29) is 6.61 Å². The number of hydrogen-bond donors (Lipinski definition) is 3. The lowest BCUT2D eigenvalue weighted by atomic mass is 10.2. The van der Waals surface area contributed by atoms with Gasteiger partial charge in [0.1, 0.15) is 0 Å². The van der Waals surface area contributed by atoms with Crippen LogP contribution in [0.1, 0.15) is 0 Å². The molecule has 1 aromatic carbocycles. The molecule has 0 aliphatic carbocycles. The Bertz CT molecular complexity index is 706. The molecule has 1 aliphatic rings. The van der Waals surface area contributed by atoms with Crippen LogP contribution in [0, 0.1) is 0 Å². The molecular weight excluding hydrogens is 298 g/mol. The molecule has 1 saturated heterocycles. The van der Waals surface area contributed by atoms with E-state index in [0.29, 0.717) is 38.4 Å². The molecule has 2 heterocycles. The smallest absolute Gasteiger partial charge is 0.313 e. The van der Waals surface area contributed by atoms with E-state index in [1.54, 1.807) is 24.5 Å². The van der Waals surface area contributed by atoms with E-state index in [2.05, 4.69) is 20.2 Å². The summed E-state index contributed by atoms with van der Waals surface area (Å²) in [5.41, 5.74) is 2.15. The number of rotatable bonds is 3. The minimum absolute atomic E-state index is 0.102. The molecule has 0 unspecified atom stereocenters. The molecule has 122 valence electrons. The number of benzene rings is 1. The van der Waals surface area contributed by atoms with E-state index in [4.69, 9.17) is 5.11 Å². The SMILES string of the molecule is O=C(Nc1ccc2nc[nH]c2c1)C(=O)N1CCN(CCO)CC1. The summed E-state index contributed by atoms with van der Waals surface area (Å²) in [5, 5.41) is 11.5. The standard InChI is InChI=1S/C15H19N5O3/c21-8-7-19-3-5-20(6-4-19)15(23)14(22)18-11-1-2-12-13(9-11)17-10-16-12/h1-2,9-10,21H,3-8H2,(H,16,17)(H,18,22). The Morgan fingerprint density at radius 3 is 2.78 bits per heavy atom. The van der Waals surface area contributed by atoms with E-state index in [1.165, 1.54) is 4.90 Å². The number of amides is 2. The van der Waals surface area contributed by atoms with Crippen molar-refractivity contribution in [3.63, 3.8) is 0 Å². The molecule has 3 rings (SSSR count). The maximum absolute atomic E-state index is 12.2. The second-order valence-corrected chi connectivity index (χ2v) is 5.45. The van der Waals surface area contributed by atoms with Crippen molar-refractivity contribution >= 4 is 28.5 Å². The number of anilines is 1. The summed E-state index contributed by atoms with van der Waals surface area (Å²) in [6.45, 7) is 3.01. The Hall–Kier alpha value is -2.45. The number of aromatic amines is 1. The highest BCUT2D eigenvalue weighted by Gasteiger charge is 2.25. The van der Waals surface area contributed by atoms with Crippen LogP contribution in [0.5, 0.6) is 0 Å². The van der Waals surface area contributed by atoms with Gasteiger partial charge in [-0.15, -0.1) is 0 Å². The number of aromatic nitrogens is 2. The average molecular weight is 317 g/mol. The van der Waals surface area contributed by atoms with Gasteiger partial charge in [-0.2, -0.15) is 0 Å². The highest BCUT2D eigenvalue weighted by molar-refractivity contribution is 6.39. The second kappa shape index (κ2) is 6.76. The minimum atomic E-state index is -0.639. The summed E-state index contributed by atoms with van der Waals surface area (Å²) in [6, 6.07) is 5.24. The Morgan fingerprint density at radius 2 is 2.04 bits per heavy atom. The van der Waals surface area contributed by atoms with Gasteiger partial charge in [0.05, 0.1) is 24.0 Å². The average Bonchev–Trinajstić information content (AvgIpc) is 3.03. The maximum Gasteiger partial charge on any atom is 0.313 e. The van der Waals surface area contributed by atoms with Crippen LogP contribution in [0.4, 0.5) is 5.69 Å². The third-order valence-electron chi connectivity index (χ3n) is 3.95. The van der Waals surface area contributed by atoms with Gasteiger partial charge in [-0.25, -0.2) is 4.98 Å². The molecule has 23 heavy (non-hydrogen) atoms. The van der Waals surface area contributed by atoms with Crippen molar-refractivity contribution in [1.82, 2.24) is 19.8 Å². The van der Waals surface area contributed by atoms with Gasteiger partial charge in [0.15, 0.2) is 0 Å². The van der Waals surface area contributed by atoms with Crippen molar-refractivity contribution < 1.29 is 14.7 Å². The molecule has 1 aliphatic heterocycles. The number of carbonyl (C=O) groups excluding carboxylic acids is 2. The summed E-state index contributed by atoms with van der Waals surface area (Å²) in [7, 11) is 0. The van der Waals surface area contributed by atoms with E-state index < -0.39 is 11.8 Å². The Labute approximate surface area is 133 Å². The topological polar surface area (TPSA) is 102 Å². The molecule has 3 N–H and O–H groups in total. The molecule has 8 heteroatoms. The van der Waals surface area contributed by atoms with Crippen molar-refractivity contribution in [2.24, 2.45) is 0 Å². The predicted molar refractivity (Wildman–Crippen MR) is 84.8 cm³/mol. The normalized spacial score (nSPS) is 15.8. The quantitative estimate of drug-likeness (QED) is 0.671. The maximum atomic E-state index is 12.2. The van der Waals surface area contributed by atoms with Gasteiger partial charge in [-0.3, -0.25) is 14.5 Å². The van der Waals surface area contributed by atoms with Crippen molar-refractivity contribution in [3.8, 4) is 0 Å². The molecular formula is C15H19N5O3. The number of nitrogens with one attached hydrogen (secondary N) is 2. The van der Waals surface area contributed by atoms with Gasteiger partial charge >= 0.3 is 11.8 Å². The van der Waals surface area contributed by atoms with Crippen LogP contribution in [0.3, 0.4) is 0 Å². The van der Waals surface area contributed by atoms with Gasteiger partial charge in [0, 0.05) is 38.4 Å². The molecule has 0 radical (unpaired) electrons. The third kappa shape index (κ3) is 3.49. The number of aliphatic hydroxyl groups excluding tert-OH is 1. The first-order valence-electron chi connectivity index (χ1n) is 7.54. The summed E-state index contributed by atoms with van der Waals surface area (Å²) < 4.78 is 0. The fourth-order valence-electron chi connectivity index (χ4n) is 2.66. The van der Waals surface area contributed by atoms with Crippen LogP contribution in [0.15, 0.2) is 24.5 Å². The second-order valence-electron chi connectivity index (χ2n) is 5.45. The molecule has 0 bridgehead atoms. The largest absolute Gasteiger partial charge is 0.395 e. The Kier molecular flexibility index (Phi) is 4.54. The minimum Gasteiger partial charge on any atom is -0.395 e. The molecule has 0 atom stereocenters. The van der Waals surface area contributed by atoms with E-state index >= 15 is 0 Å². The van der Waals surface area contributed by atoms with Crippen molar-refractivity contribution in [2.45, 2.75) is 0 Å². The summed E-state index contributed by atoms with van der Waals surface area (Å²) in [5.74, 6) is -1.17. The summed E-state index contributed by atoms with van der Waals surface area (Å²) in [4.78, 5) is 35.0. The molecule has 2 amide bonds. The van der Waals surface area contributed by atoms with Crippen molar-refractivity contribution in [2.75, 3.05) is 44.6 Å². The summed E-state index contributed by atoms with van der Waals surface area (Å²) >= 11 is 0. The first kappa shape index (κ1) is 15.4. The lowest BCUT2D eigenvalue weighted by molar-refractivity contribution is -0.144. The highest BCUT2D eigenvalue weighted by atomic mass is 16.3. The van der Waals surface area contributed by atoms with Crippen LogP contribution in [0.2, 0.25) is 0 Å². The molecule has 1 aromatic heterocycles. The van der Waals surface area contributed by atoms with Crippen LogP contribution in [-0.4, -0.2) is 76.0 Å². The van der Waals surface area contributed by atoms with Gasteiger partial charge in [0.2, 0.25) is 0 Å². The zero-order valence-electron chi connectivity index (χ0n) is 12.7. The van der Waals surface area contributed by atoms with E-state index in [1.807, 2.05) is 0 Å². The number of aliphatic hydroxyl groups is 1. The fourth-order valence-corrected chi connectivity index (χ4v) is 2.66. The molecule has 0 saturated carbocycles. The fraction of sp³-hybridized carbons (Fsp3) is 0.400. The van der Waals surface area contributed by atoms with Crippen molar-refractivity contribution in [1.29, 1.82) is 0 Å². The first-order valence-corrected chi connectivity index (χ1v) is 7.54. The number of H-pyrrole nitrogens is 1. The number of hydrogen-bond acceptors (Lipinski definition) is 5. The molecule has 8 nitrogen and oxygen atoms in total. The van der Waals surface area contributed by atoms with Crippen LogP contribution < -0.4 is 5.32 Å². The molecule has 1 fully saturated rings. The number of β-amino-alcohol motifs (C(OH)–C–C–N with tert-alkyl or cyclic N) is 1. The van der Waals surface area contributed by atoms with Crippen LogP contribution >= 0.6 is 0 Å². The van der Waals surface area contributed by atoms with Crippen LogP contribution in [0.25, 0.3) is 11.0 Å². The van der Waals surface area contributed by atoms with Gasteiger partial charge in [-0.05, 0) is 18.2 Å².